The number of aliphatic hydroxyl groups excluding tert-OH is 1. The topological polar surface area (TPSA) is 20.2 Å². The van der Waals surface area contributed by atoms with E-state index in [2.05, 4.69) is 0 Å². The van der Waals surface area contributed by atoms with Crippen LogP contribution in [0.1, 0.15) is 13.8 Å². The molecule has 0 aromatic rings. The van der Waals surface area contributed by atoms with E-state index < -0.39 is 15.3 Å². The van der Waals surface area contributed by atoms with Crippen molar-refractivity contribution in [3.05, 3.63) is 0 Å². The number of halogens is 4. The fourth-order valence-corrected chi connectivity index (χ4v) is 1.21. The van der Waals surface area contributed by atoms with E-state index in [1.807, 2.05) is 0 Å². The average molecular weight is 240 g/mol. The Morgan fingerprint density at radius 3 is 1.64 bits per heavy atom. The van der Waals surface area contributed by atoms with Gasteiger partial charge in [0.05, 0.1) is 6.10 Å². The summed E-state index contributed by atoms with van der Waals surface area (Å²) in [7, 11) is 0. The number of aliphatic hydroxyl groups is 1. The van der Waals surface area contributed by atoms with Crippen LogP contribution >= 0.6 is 46.4 Å². The maximum atomic E-state index is 9.35. The smallest absolute Gasteiger partial charge is 0.209 e. The molecule has 1 N–H and O–H groups in total. The zero-order valence-corrected chi connectivity index (χ0v) is 9.21. The zero-order chi connectivity index (χ0) is 9.23. The third-order valence-corrected chi connectivity index (χ3v) is 2.92. The molecule has 0 aromatic carbocycles. The second-order valence-corrected chi connectivity index (χ2v) is 5.52. The highest BCUT2D eigenvalue weighted by atomic mass is 35.6. The minimum Gasteiger partial charge on any atom is -0.391 e. The number of rotatable bonds is 2. The molecule has 1 nitrogen and oxygen atoms in total. The van der Waals surface area contributed by atoms with Crippen LogP contribution in [-0.2, 0) is 0 Å². The first-order valence-corrected chi connectivity index (χ1v) is 4.72. The lowest BCUT2D eigenvalue weighted by molar-refractivity contribution is 0.121. The van der Waals surface area contributed by atoms with Crippen LogP contribution in [0.15, 0.2) is 0 Å². The van der Waals surface area contributed by atoms with Gasteiger partial charge in [0, 0.05) is 0 Å². The fraction of sp³-hybridized carbons (Fsp3) is 1.00. The molecule has 2 atom stereocenters. The van der Waals surface area contributed by atoms with Gasteiger partial charge in [-0.05, 0) is 5.92 Å². The van der Waals surface area contributed by atoms with Crippen molar-refractivity contribution in [2.24, 2.45) is 5.92 Å². The van der Waals surface area contributed by atoms with Gasteiger partial charge in [0.25, 0.3) is 0 Å². The molecule has 0 radical (unpaired) electrons. The van der Waals surface area contributed by atoms with Gasteiger partial charge >= 0.3 is 0 Å². The van der Waals surface area contributed by atoms with E-state index in [0.29, 0.717) is 0 Å². The van der Waals surface area contributed by atoms with Crippen molar-refractivity contribution < 1.29 is 5.11 Å². The predicted molar refractivity (Wildman–Crippen MR) is 50.8 cm³/mol. The van der Waals surface area contributed by atoms with Gasteiger partial charge in [-0.2, -0.15) is 0 Å². The van der Waals surface area contributed by atoms with E-state index in [4.69, 9.17) is 46.4 Å². The Balaban J connectivity index is 4.13. The lowest BCUT2D eigenvalue weighted by Crippen LogP contribution is -2.36. The summed E-state index contributed by atoms with van der Waals surface area (Å²) in [6.07, 6.45) is -0.802. The second kappa shape index (κ2) is 4.38. The van der Waals surface area contributed by atoms with Crippen LogP contribution in [0.3, 0.4) is 0 Å². The van der Waals surface area contributed by atoms with Crippen LogP contribution in [0, 0.1) is 5.92 Å². The molecule has 0 spiro atoms. The van der Waals surface area contributed by atoms with Gasteiger partial charge in [-0.3, -0.25) is 0 Å². The van der Waals surface area contributed by atoms with Crippen molar-refractivity contribution in [1.82, 2.24) is 0 Å². The van der Waals surface area contributed by atoms with Gasteiger partial charge in [0.15, 0.2) is 0 Å². The molecule has 0 bridgehead atoms. The SMILES string of the molecule is CC(C)C(O)C(Cl)C(Cl)(Cl)Cl. The van der Waals surface area contributed by atoms with Crippen LogP contribution in [0.4, 0.5) is 0 Å². The quantitative estimate of drug-likeness (QED) is 0.735. The molecule has 0 heterocycles. The summed E-state index contributed by atoms with van der Waals surface area (Å²) in [5, 5.41) is 8.48. The highest BCUT2D eigenvalue weighted by molar-refractivity contribution is 6.70. The molecule has 2 unspecified atom stereocenters. The molecular weight excluding hydrogens is 230 g/mol. The monoisotopic (exact) mass is 238 g/mol. The van der Waals surface area contributed by atoms with Crippen LogP contribution in [0.2, 0.25) is 0 Å². The summed E-state index contributed by atoms with van der Waals surface area (Å²) in [5.41, 5.74) is 0. The van der Waals surface area contributed by atoms with Crippen LogP contribution in [-0.4, -0.2) is 20.4 Å². The third-order valence-electron chi connectivity index (χ3n) is 1.30. The Morgan fingerprint density at radius 2 is 1.55 bits per heavy atom. The Hall–Kier alpha value is 1.12. The maximum Gasteiger partial charge on any atom is 0.209 e. The minimum atomic E-state index is -1.61. The highest BCUT2D eigenvalue weighted by Gasteiger charge is 2.37. The molecule has 0 aromatic heterocycles. The van der Waals surface area contributed by atoms with E-state index in [-0.39, 0.29) is 5.92 Å². The lowest BCUT2D eigenvalue weighted by Gasteiger charge is -2.25. The molecule has 0 saturated carbocycles. The molecule has 0 aliphatic carbocycles. The predicted octanol–water partition coefficient (Wildman–Crippen LogP) is 2.98. The van der Waals surface area contributed by atoms with Crippen LogP contribution < -0.4 is 0 Å². The van der Waals surface area contributed by atoms with Crippen molar-refractivity contribution in [2.45, 2.75) is 29.1 Å². The number of hydrogen-bond donors (Lipinski definition) is 1. The van der Waals surface area contributed by atoms with Gasteiger partial charge in [-0.25, -0.2) is 0 Å². The first-order valence-electron chi connectivity index (χ1n) is 3.15. The second-order valence-electron chi connectivity index (χ2n) is 2.68. The molecule has 5 heteroatoms. The molecule has 0 saturated heterocycles. The van der Waals surface area contributed by atoms with Gasteiger partial charge < -0.3 is 5.11 Å². The van der Waals surface area contributed by atoms with Crippen molar-refractivity contribution >= 4 is 46.4 Å². The van der Waals surface area contributed by atoms with E-state index >= 15 is 0 Å². The number of alkyl halides is 4. The number of hydrogen-bond acceptors (Lipinski definition) is 1. The summed E-state index contributed by atoms with van der Waals surface area (Å²) in [5.74, 6) is -0.0203. The largest absolute Gasteiger partial charge is 0.391 e. The first kappa shape index (κ1) is 12.1. The van der Waals surface area contributed by atoms with Crippen molar-refractivity contribution in [3.8, 4) is 0 Å². The van der Waals surface area contributed by atoms with Gasteiger partial charge in [-0.15, -0.1) is 11.6 Å². The molecule has 68 valence electrons. The maximum absolute atomic E-state index is 9.35. The molecular formula is C6H10Cl4O. The summed E-state index contributed by atoms with van der Waals surface area (Å²) in [6.45, 7) is 3.60. The minimum absolute atomic E-state index is 0.0203. The Bertz CT molecular complexity index is 120. The zero-order valence-electron chi connectivity index (χ0n) is 6.19. The van der Waals surface area contributed by atoms with Crippen LogP contribution in [0.5, 0.6) is 0 Å². The summed E-state index contributed by atoms with van der Waals surface area (Å²) < 4.78 is -1.61. The van der Waals surface area contributed by atoms with Crippen molar-refractivity contribution in [2.75, 3.05) is 0 Å². The lowest BCUT2D eigenvalue weighted by atomic mass is 10.1. The fourth-order valence-electron chi connectivity index (χ4n) is 0.532. The van der Waals surface area contributed by atoms with Gasteiger partial charge in [0.1, 0.15) is 5.38 Å². The van der Waals surface area contributed by atoms with Gasteiger partial charge in [0.2, 0.25) is 3.79 Å². The highest BCUT2D eigenvalue weighted by Crippen LogP contribution is 2.37. The van der Waals surface area contributed by atoms with Crippen molar-refractivity contribution in [1.29, 1.82) is 0 Å². The molecule has 0 aliphatic rings. The Kier molecular flexibility index (Phi) is 4.83. The summed E-state index contributed by atoms with van der Waals surface area (Å²) >= 11 is 22.0. The third kappa shape index (κ3) is 4.05. The summed E-state index contributed by atoms with van der Waals surface area (Å²) in [4.78, 5) is 0. The molecule has 0 amide bonds. The van der Waals surface area contributed by atoms with E-state index in [0.717, 1.165) is 0 Å². The van der Waals surface area contributed by atoms with Crippen LogP contribution in [0.25, 0.3) is 0 Å². The average Bonchev–Trinajstić information content (AvgIpc) is 1.82. The molecule has 0 fully saturated rings. The van der Waals surface area contributed by atoms with E-state index in [9.17, 15) is 5.11 Å². The standard InChI is InChI=1S/C6H10Cl4O/c1-3(2)4(11)5(7)6(8,9)10/h3-5,11H,1-2H3. The molecule has 0 rings (SSSR count). The van der Waals surface area contributed by atoms with E-state index in [1.54, 1.807) is 13.8 Å². The molecule has 11 heavy (non-hydrogen) atoms. The van der Waals surface area contributed by atoms with E-state index in [1.165, 1.54) is 0 Å². The Labute approximate surface area is 86.6 Å². The van der Waals surface area contributed by atoms with Crippen molar-refractivity contribution in [3.63, 3.8) is 0 Å². The first-order chi connectivity index (χ1) is 4.76. The Morgan fingerprint density at radius 1 is 1.18 bits per heavy atom. The van der Waals surface area contributed by atoms with Gasteiger partial charge in [-0.1, -0.05) is 48.7 Å². The normalized spacial score (nSPS) is 18.5. The molecule has 0 aliphatic heterocycles. The summed E-state index contributed by atoms with van der Waals surface area (Å²) in [6, 6.07) is 0.